The molecule has 1 saturated carbocycles. The molecule has 1 aliphatic rings. The van der Waals surface area contributed by atoms with Crippen molar-refractivity contribution in [3.05, 3.63) is 41.8 Å². The summed E-state index contributed by atoms with van der Waals surface area (Å²) in [7, 11) is 0. The minimum atomic E-state index is -0.208. The van der Waals surface area contributed by atoms with Crippen LogP contribution in [0.3, 0.4) is 0 Å². The smallest absolute Gasteiger partial charge is 0.149 e. The molecule has 0 aliphatic heterocycles. The number of benzene rings is 1. The summed E-state index contributed by atoms with van der Waals surface area (Å²) in [6.45, 7) is 4.64. The molecule has 1 nitrogen and oxygen atoms in total. The SMILES string of the molecule is CC(C)C1CCC(c2ccnc3c(F)cccc23)CC1. The van der Waals surface area contributed by atoms with Crippen molar-refractivity contribution in [3.63, 3.8) is 0 Å². The molecule has 1 aromatic heterocycles. The van der Waals surface area contributed by atoms with Crippen LogP contribution in [-0.4, -0.2) is 4.98 Å². The van der Waals surface area contributed by atoms with E-state index in [1.165, 1.54) is 37.3 Å². The van der Waals surface area contributed by atoms with Crippen LogP contribution < -0.4 is 0 Å². The van der Waals surface area contributed by atoms with Gasteiger partial charge in [0.1, 0.15) is 11.3 Å². The molecule has 1 aromatic carbocycles. The molecule has 0 spiro atoms. The average Bonchev–Trinajstić information content (AvgIpc) is 2.47. The van der Waals surface area contributed by atoms with E-state index in [4.69, 9.17) is 0 Å². The highest BCUT2D eigenvalue weighted by molar-refractivity contribution is 5.83. The Hall–Kier alpha value is -1.44. The lowest BCUT2D eigenvalue weighted by atomic mass is 9.74. The van der Waals surface area contributed by atoms with E-state index in [0.717, 1.165) is 17.2 Å². The molecule has 1 aliphatic carbocycles. The maximum Gasteiger partial charge on any atom is 0.149 e. The van der Waals surface area contributed by atoms with Crippen LogP contribution in [-0.2, 0) is 0 Å². The molecule has 1 heterocycles. The minimum absolute atomic E-state index is 0.208. The molecular weight excluding hydrogens is 249 g/mol. The highest BCUT2D eigenvalue weighted by Crippen LogP contribution is 2.40. The monoisotopic (exact) mass is 271 g/mol. The molecule has 0 N–H and O–H groups in total. The number of nitrogens with zero attached hydrogens (tertiary/aromatic N) is 1. The average molecular weight is 271 g/mol. The van der Waals surface area contributed by atoms with Gasteiger partial charge in [-0.2, -0.15) is 0 Å². The number of rotatable bonds is 2. The van der Waals surface area contributed by atoms with Crippen LogP contribution in [0.1, 0.15) is 51.0 Å². The van der Waals surface area contributed by atoms with Gasteiger partial charge in [-0.3, -0.25) is 4.98 Å². The van der Waals surface area contributed by atoms with Gasteiger partial charge in [-0.1, -0.05) is 26.0 Å². The molecule has 0 radical (unpaired) electrons. The lowest BCUT2D eigenvalue weighted by Gasteiger charge is -2.31. The van der Waals surface area contributed by atoms with Crippen molar-refractivity contribution < 1.29 is 4.39 Å². The molecule has 0 unspecified atom stereocenters. The first-order valence-corrected chi connectivity index (χ1v) is 7.70. The van der Waals surface area contributed by atoms with Gasteiger partial charge in [0, 0.05) is 11.6 Å². The van der Waals surface area contributed by atoms with Crippen molar-refractivity contribution in [3.8, 4) is 0 Å². The fourth-order valence-corrected chi connectivity index (χ4v) is 3.61. The quantitative estimate of drug-likeness (QED) is 0.722. The molecule has 1 fully saturated rings. The van der Waals surface area contributed by atoms with E-state index >= 15 is 0 Å². The molecule has 2 heteroatoms. The summed E-state index contributed by atoms with van der Waals surface area (Å²) in [4.78, 5) is 4.20. The predicted molar refractivity (Wildman–Crippen MR) is 81.2 cm³/mol. The molecule has 0 bridgehead atoms. The Balaban J connectivity index is 1.90. The highest BCUT2D eigenvalue weighted by Gasteiger charge is 2.25. The van der Waals surface area contributed by atoms with E-state index in [-0.39, 0.29) is 5.82 Å². The van der Waals surface area contributed by atoms with Gasteiger partial charge < -0.3 is 0 Å². The fourth-order valence-electron chi connectivity index (χ4n) is 3.61. The van der Waals surface area contributed by atoms with Gasteiger partial charge in [-0.05, 0) is 61.1 Å². The van der Waals surface area contributed by atoms with Crippen LogP contribution in [0, 0.1) is 17.7 Å². The number of para-hydroxylation sites is 1. The van der Waals surface area contributed by atoms with Crippen LogP contribution in [0.4, 0.5) is 4.39 Å². The van der Waals surface area contributed by atoms with Crippen LogP contribution >= 0.6 is 0 Å². The second-order valence-corrected chi connectivity index (χ2v) is 6.39. The first-order valence-electron chi connectivity index (χ1n) is 7.70. The molecule has 2 aromatic rings. The number of hydrogen-bond acceptors (Lipinski definition) is 1. The van der Waals surface area contributed by atoms with Crippen molar-refractivity contribution in [2.24, 2.45) is 11.8 Å². The van der Waals surface area contributed by atoms with Gasteiger partial charge >= 0.3 is 0 Å². The number of aromatic nitrogens is 1. The van der Waals surface area contributed by atoms with E-state index in [1.54, 1.807) is 12.3 Å². The minimum Gasteiger partial charge on any atom is -0.253 e. The van der Waals surface area contributed by atoms with Crippen LogP contribution in [0.25, 0.3) is 10.9 Å². The van der Waals surface area contributed by atoms with E-state index < -0.39 is 0 Å². The van der Waals surface area contributed by atoms with Crippen molar-refractivity contribution in [1.29, 1.82) is 0 Å². The third kappa shape index (κ3) is 2.44. The zero-order valence-corrected chi connectivity index (χ0v) is 12.3. The standard InChI is InChI=1S/C18H22FN/c1-12(2)13-6-8-14(9-7-13)15-10-11-20-18-16(15)4-3-5-17(18)19/h3-5,10-14H,6-9H2,1-2H3. The zero-order valence-electron chi connectivity index (χ0n) is 12.3. The molecule has 106 valence electrons. The van der Waals surface area contributed by atoms with Gasteiger partial charge in [-0.15, -0.1) is 0 Å². The fraction of sp³-hybridized carbons (Fsp3) is 0.500. The van der Waals surface area contributed by atoms with Crippen LogP contribution in [0.15, 0.2) is 30.5 Å². The van der Waals surface area contributed by atoms with Gasteiger partial charge in [0.15, 0.2) is 0 Å². The topological polar surface area (TPSA) is 12.9 Å². The van der Waals surface area contributed by atoms with Gasteiger partial charge in [0.25, 0.3) is 0 Å². The molecule has 0 atom stereocenters. The largest absolute Gasteiger partial charge is 0.253 e. The summed E-state index contributed by atoms with van der Waals surface area (Å²) in [6, 6.07) is 7.38. The highest BCUT2D eigenvalue weighted by atomic mass is 19.1. The summed E-state index contributed by atoms with van der Waals surface area (Å²) in [6.07, 6.45) is 6.79. The van der Waals surface area contributed by atoms with Gasteiger partial charge in [0.05, 0.1) is 0 Å². The summed E-state index contributed by atoms with van der Waals surface area (Å²) in [5, 5.41) is 1.00. The summed E-state index contributed by atoms with van der Waals surface area (Å²) < 4.78 is 13.8. The number of fused-ring (bicyclic) bond motifs is 1. The second-order valence-electron chi connectivity index (χ2n) is 6.39. The molecule has 0 saturated heterocycles. The summed E-state index contributed by atoms with van der Waals surface area (Å²) in [5.74, 6) is 2.00. The first kappa shape index (κ1) is 13.5. The summed E-state index contributed by atoms with van der Waals surface area (Å²) >= 11 is 0. The lowest BCUT2D eigenvalue weighted by Crippen LogP contribution is -2.17. The number of halogens is 1. The Morgan fingerprint density at radius 2 is 1.85 bits per heavy atom. The Morgan fingerprint density at radius 3 is 2.55 bits per heavy atom. The molecular formula is C18H22FN. The molecule has 20 heavy (non-hydrogen) atoms. The Kier molecular flexibility index (Phi) is 3.73. The third-order valence-electron chi connectivity index (χ3n) is 4.91. The Labute approximate surface area is 120 Å². The van der Waals surface area contributed by atoms with Crippen molar-refractivity contribution in [2.75, 3.05) is 0 Å². The van der Waals surface area contributed by atoms with E-state index in [2.05, 4.69) is 24.9 Å². The maximum absolute atomic E-state index is 13.8. The molecule has 3 rings (SSSR count). The Bertz CT molecular complexity index is 597. The third-order valence-corrected chi connectivity index (χ3v) is 4.91. The van der Waals surface area contributed by atoms with E-state index in [1.807, 2.05) is 6.07 Å². The van der Waals surface area contributed by atoms with Crippen molar-refractivity contribution >= 4 is 10.9 Å². The lowest BCUT2D eigenvalue weighted by molar-refractivity contribution is 0.259. The number of hydrogen-bond donors (Lipinski definition) is 0. The first-order chi connectivity index (χ1) is 9.66. The van der Waals surface area contributed by atoms with Gasteiger partial charge in [0.2, 0.25) is 0 Å². The molecule has 0 amide bonds. The Morgan fingerprint density at radius 1 is 1.10 bits per heavy atom. The van der Waals surface area contributed by atoms with Crippen LogP contribution in [0.5, 0.6) is 0 Å². The normalized spacial score (nSPS) is 23.4. The van der Waals surface area contributed by atoms with Gasteiger partial charge in [-0.25, -0.2) is 4.39 Å². The predicted octanol–water partition coefficient (Wildman–Crippen LogP) is 5.30. The maximum atomic E-state index is 13.8. The van der Waals surface area contributed by atoms with Crippen molar-refractivity contribution in [2.45, 2.75) is 45.4 Å². The van der Waals surface area contributed by atoms with Crippen LogP contribution in [0.2, 0.25) is 0 Å². The summed E-state index contributed by atoms with van der Waals surface area (Å²) in [5.41, 5.74) is 1.81. The number of pyridine rings is 1. The van der Waals surface area contributed by atoms with E-state index in [0.29, 0.717) is 11.4 Å². The zero-order chi connectivity index (χ0) is 14.1. The second kappa shape index (κ2) is 5.51. The van der Waals surface area contributed by atoms with Crippen molar-refractivity contribution in [1.82, 2.24) is 4.98 Å². The van der Waals surface area contributed by atoms with E-state index in [9.17, 15) is 4.39 Å².